The van der Waals surface area contributed by atoms with Gasteiger partial charge in [0, 0.05) is 11.6 Å². The number of ketones is 1. The number of carbonyl (C=O) groups excluding carboxylic acids is 1. The molecule has 0 aliphatic rings. The molecule has 0 aromatic heterocycles. The summed E-state index contributed by atoms with van der Waals surface area (Å²) in [6.45, 7) is 2.42. The summed E-state index contributed by atoms with van der Waals surface area (Å²) in [5, 5.41) is 0.541. The third kappa shape index (κ3) is 3.22. The minimum atomic E-state index is -0.106. The number of ether oxygens (including phenoxy) is 2. The van der Waals surface area contributed by atoms with Gasteiger partial charge in [0.25, 0.3) is 0 Å². The summed E-state index contributed by atoms with van der Waals surface area (Å²) in [4.78, 5) is 11.6. The molecule has 0 atom stereocenters. The lowest BCUT2D eigenvalue weighted by atomic mass is 10.1. The highest BCUT2D eigenvalue weighted by atomic mass is 35.5. The van der Waals surface area contributed by atoms with Crippen LogP contribution in [-0.2, 0) is 4.74 Å². The Balaban J connectivity index is 2.87. The number of carbonyl (C=O) groups is 1. The summed E-state index contributed by atoms with van der Waals surface area (Å²) < 4.78 is 10.1. The van der Waals surface area contributed by atoms with Crippen LogP contribution in [0.15, 0.2) is 18.2 Å². The van der Waals surface area contributed by atoms with Crippen molar-refractivity contribution < 1.29 is 14.3 Å². The van der Waals surface area contributed by atoms with Gasteiger partial charge in [-0.3, -0.25) is 4.79 Å². The fourth-order valence-electron chi connectivity index (χ4n) is 1.17. The molecule has 15 heavy (non-hydrogen) atoms. The smallest absolute Gasteiger partial charge is 0.192 e. The molecule has 0 saturated heterocycles. The summed E-state index contributed by atoms with van der Waals surface area (Å²) >= 11 is 5.78. The Labute approximate surface area is 93.9 Å². The van der Waals surface area contributed by atoms with Crippen molar-refractivity contribution in [2.45, 2.75) is 6.92 Å². The second-order valence-electron chi connectivity index (χ2n) is 2.90. The molecule has 1 aromatic rings. The Hall–Kier alpha value is -1.06. The molecule has 0 unspecified atom stereocenters. The van der Waals surface area contributed by atoms with Gasteiger partial charge in [-0.05, 0) is 25.1 Å². The van der Waals surface area contributed by atoms with Gasteiger partial charge >= 0.3 is 0 Å². The molecule has 0 radical (unpaired) electrons. The zero-order valence-electron chi connectivity index (χ0n) is 8.75. The Morgan fingerprint density at radius 1 is 1.47 bits per heavy atom. The van der Waals surface area contributed by atoms with E-state index in [1.165, 1.54) is 7.11 Å². The Morgan fingerprint density at radius 3 is 2.80 bits per heavy atom. The average molecular weight is 229 g/mol. The number of hydrogen-bond acceptors (Lipinski definition) is 3. The maximum Gasteiger partial charge on any atom is 0.192 e. The minimum absolute atomic E-state index is 0.0640. The summed E-state index contributed by atoms with van der Waals surface area (Å²) in [6.07, 6.45) is 0. The van der Waals surface area contributed by atoms with E-state index in [0.29, 0.717) is 22.9 Å². The largest absolute Gasteiger partial charge is 0.496 e. The van der Waals surface area contributed by atoms with Gasteiger partial charge in [0.2, 0.25) is 0 Å². The maximum absolute atomic E-state index is 11.6. The lowest BCUT2D eigenvalue weighted by Gasteiger charge is -2.07. The zero-order valence-corrected chi connectivity index (χ0v) is 9.50. The zero-order chi connectivity index (χ0) is 11.3. The quantitative estimate of drug-likeness (QED) is 0.727. The summed E-state index contributed by atoms with van der Waals surface area (Å²) in [6, 6.07) is 4.91. The molecule has 0 saturated carbocycles. The predicted molar refractivity (Wildman–Crippen MR) is 58.8 cm³/mol. The molecular formula is C11H13ClO3. The molecule has 0 aliphatic heterocycles. The van der Waals surface area contributed by atoms with Crippen molar-refractivity contribution in [1.29, 1.82) is 0 Å². The van der Waals surface area contributed by atoms with Crippen LogP contribution in [0, 0.1) is 0 Å². The van der Waals surface area contributed by atoms with Crippen LogP contribution in [0.1, 0.15) is 17.3 Å². The second kappa shape index (κ2) is 5.73. The van der Waals surface area contributed by atoms with E-state index in [9.17, 15) is 4.79 Å². The van der Waals surface area contributed by atoms with Gasteiger partial charge in [-0.2, -0.15) is 0 Å². The molecule has 0 spiro atoms. The molecule has 0 N–H and O–H groups in total. The van der Waals surface area contributed by atoms with E-state index in [4.69, 9.17) is 21.1 Å². The fraction of sp³-hybridized carbons (Fsp3) is 0.364. The van der Waals surface area contributed by atoms with Gasteiger partial charge in [-0.25, -0.2) is 0 Å². The lowest BCUT2D eigenvalue weighted by Crippen LogP contribution is -2.10. The Kier molecular flexibility index (Phi) is 4.59. The van der Waals surface area contributed by atoms with E-state index >= 15 is 0 Å². The second-order valence-corrected chi connectivity index (χ2v) is 3.34. The Bertz CT molecular complexity index is 350. The number of Topliss-reactive ketones (excluding diaryl/α,β-unsaturated/α-hetero) is 1. The molecule has 0 amide bonds. The first-order chi connectivity index (χ1) is 7.19. The highest BCUT2D eigenvalue weighted by Crippen LogP contribution is 2.23. The molecule has 0 bridgehead atoms. The van der Waals surface area contributed by atoms with Crippen molar-refractivity contribution in [2.24, 2.45) is 0 Å². The molecule has 3 nitrogen and oxygen atoms in total. The van der Waals surface area contributed by atoms with Gasteiger partial charge < -0.3 is 9.47 Å². The third-order valence-electron chi connectivity index (χ3n) is 1.90. The SMILES string of the molecule is CCOCC(=O)c1ccc(Cl)cc1OC. The van der Waals surface area contributed by atoms with Crippen LogP contribution in [0.25, 0.3) is 0 Å². The van der Waals surface area contributed by atoms with Gasteiger partial charge in [0.05, 0.1) is 12.7 Å². The highest BCUT2D eigenvalue weighted by molar-refractivity contribution is 6.30. The van der Waals surface area contributed by atoms with E-state index in [-0.39, 0.29) is 12.4 Å². The van der Waals surface area contributed by atoms with Crippen LogP contribution in [-0.4, -0.2) is 26.1 Å². The van der Waals surface area contributed by atoms with Crippen LogP contribution in [0.2, 0.25) is 5.02 Å². The van der Waals surface area contributed by atoms with E-state index in [1.807, 2.05) is 6.92 Å². The first-order valence-corrected chi connectivity index (χ1v) is 5.01. The molecule has 82 valence electrons. The summed E-state index contributed by atoms with van der Waals surface area (Å²) in [5.41, 5.74) is 0.496. The highest BCUT2D eigenvalue weighted by Gasteiger charge is 2.12. The molecule has 1 rings (SSSR count). The van der Waals surface area contributed by atoms with Crippen molar-refractivity contribution in [3.63, 3.8) is 0 Å². The topological polar surface area (TPSA) is 35.5 Å². The molecule has 0 aliphatic carbocycles. The molecule has 4 heteroatoms. The maximum atomic E-state index is 11.6. The van der Waals surface area contributed by atoms with Crippen molar-refractivity contribution in [2.75, 3.05) is 20.3 Å². The van der Waals surface area contributed by atoms with Gasteiger partial charge in [0.15, 0.2) is 5.78 Å². The number of rotatable bonds is 5. The number of benzene rings is 1. The van der Waals surface area contributed by atoms with Crippen LogP contribution in [0.3, 0.4) is 0 Å². The van der Waals surface area contributed by atoms with E-state index < -0.39 is 0 Å². The van der Waals surface area contributed by atoms with E-state index in [0.717, 1.165) is 0 Å². The molecule has 0 fully saturated rings. The Morgan fingerprint density at radius 2 is 2.20 bits per heavy atom. The van der Waals surface area contributed by atoms with Crippen LogP contribution >= 0.6 is 11.6 Å². The van der Waals surface area contributed by atoms with Crippen molar-refractivity contribution >= 4 is 17.4 Å². The summed E-state index contributed by atoms with van der Waals surface area (Å²) in [5.74, 6) is 0.373. The van der Waals surface area contributed by atoms with Gasteiger partial charge in [0.1, 0.15) is 12.4 Å². The number of halogens is 1. The number of hydrogen-bond donors (Lipinski definition) is 0. The fourth-order valence-corrected chi connectivity index (χ4v) is 1.33. The normalized spacial score (nSPS) is 10.1. The van der Waals surface area contributed by atoms with Gasteiger partial charge in [-0.15, -0.1) is 0 Å². The average Bonchev–Trinajstić information content (AvgIpc) is 2.25. The van der Waals surface area contributed by atoms with Crippen LogP contribution in [0.5, 0.6) is 5.75 Å². The lowest BCUT2D eigenvalue weighted by molar-refractivity contribution is 0.0780. The van der Waals surface area contributed by atoms with E-state index in [1.54, 1.807) is 18.2 Å². The van der Waals surface area contributed by atoms with Crippen LogP contribution < -0.4 is 4.74 Å². The number of methoxy groups -OCH3 is 1. The van der Waals surface area contributed by atoms with E-state index in [2.05, 4.69) is 0 Å². The van der Waals surface area contributed by atoms with Gasteiger partial charge in [-0.1, -0.05) is 11.6 Å². The summed E-state index contributed by atoms with van der Waals surface area (Å²) in [7, 11) is 1.50. The minimum Gasteiger partial charge on any atom is -0.496 e. The molecule has 1 aromatic carbocycles. The third-order valence-corrected chi connectivity index (χ3v) is 2.14. The molecule has 0 heterocycles. The first kappa shape index (κ1) is 12.0. The van der Waals surface area contributed by atoms with Crippen molar-refractivity contribution in [3.8, 4) is 5.75 Å². The van der Waals surface area contributed by atoms with Crippen LogP contribution in [0.4, 0.5) is 0 Å². The predicted octanol–water partition coefficient (Wildman–Crippen LogP) is 2.57. The standard InChI is InChI=1S/C11H13ClO3/c1-3-15-7-10(13)9-5-4-8(12)6-11(9)14-2/h4-6H,3,7H2,1-2H3. The first-order valence-electron chi connectivity index (χ1n) is 4.63. The van der Waals surface area contributed by atoms with Crippen molar-refractivity contribution in [3.05, 3.63) is 28.8 Å². The molecular weight excluding hydrogens is 216 g/mol. The van der Waals surface area contributed by atoms with Crippen molar-refractivity contribution in [1.82, 2.24) is 0 Å². The monoisotopic (exact) mass is 228 g/mol.